The maximum atomic E-state index is 6.24. The molecular formula is C25H26N4O. The van der Waals surface area contributed by atoms with Crippen molar-refractivity contribution in [2.24, 2.45) is 0 Å². The van der Waals surface area contributed by atoms with E-state index in [4.69, 9.17) is 9.72 Å². The molecule has 0 aliphatic carbocycles. The van der Waals surface area contributed by atoms with Gasteiger partial charge in [0.2, 0.25) is 0 Å². The molecule has 5 rings (SSSR count). The fourth-order valence-corrected chi connectivity index (χ4v) is 4.24. The first-order valence-electron chi connectivity index (χ1n) is 10.7. The van der Waals surface area contributed by atoms with Crippen LogP contribution in [0.1, 0.15) is 25.3 Å². The molecule has 0 radical (unpaired) electrons. The Morgan fingerprint density at radius 2 is 2.10 bits per heavy atom. The zero-order valence-electron chi connectivity index (χ0n) is 17.2. The first kappa shape index (κ1) is 18.8. The number of fused-ring (bicyclic) bond motifs is 1. The number of nitrogens with one attached hydrogen (secondary N) is 2. The van der Waals surface area contributed by atoms with Gasteiger partial charge in [0.1, 0.15) is 12.4 Å². The summed E-state index contributed by atoms with van der Waals surface area (Å²) in [6, 6.07) is 15.2. The lowest BCUT2D eigenvalue weighted by Gasteiger charge is -2.15. The summed E-state index contributed by atoms with van der Waals surface area (Å²) in [7, 11) is 0. The fraction of sp³-hybridized carbons (Fsp3) is 0.280. The van der Waals surface area contributed by atoms with Crippen LogP contribution in [0.4, 0.5) is 0 Å². The summed E-state index contributed by atoms with van der Waals surface area (Å²) < 4.78 is 6.24. The van der Waals surface area contributed by atoms with Crippen molar-refractivity contribution in [3.05, 3.63) is 66.6 Å². The van der Waals surface area contributed by atoms with Gasteiger partial charge in [-0.05, 0) is 55.1 Å². The zero-order valence-corrected chi connectivity index (χ0v) is 17.2. The number of nitrogens with zero attached hydrogens (tertiary/aromatic N) is 2. The van der Waals surface area contributed by atoms with Crippen LogP contribution in [0.15, 0.2) is 61.1 Å². The van der Waals surface area contributed by atoms with E-state index < -0.39 is 0 Å². The quantitative estimate of drug-likeness (QED) is 0.481. The second kappa shape index (κ2) is 8.28. The molecule has 2 N–H and O–H groups in total. The third kappa shape index (κ3) is 3.57. The molecule has 1 fully saturated rings. The Balaban J connectivity index is 1.63. The first-order chi connectivity index (χ1) is 14.8. The number of H-pyrrole nitrogens is 1. The minimum Gasteiger partial charge on any atom is -0.490 e. The molecule has 0 amide bonds. The number of aromatic amines is 1. The summed E-state index contributed by atoms with van der Waals surface area (Å²) in [5, 5.41) is 3.49. The average Bonchev–Trinajstić information content (AvgIpc) is 3.45. The Kier molecular flexibility index (Phi) is 5.20. The largest absolute Gasteiger partial charge is 0.490 e. The molecule has 1 atom stereocenters. The maximum Gasteiger partial charge on any atom is 0.146 e. The molecular weight excluding hydrogens is 372 g/mol. The van der Waals surface area contributed by atoms with E-state index in [1.54, 1.807) is 0 Å². The van der Waals surface area contributed by atoms with Gasteiger partial charge in [-0.15, -0.1) is 0 Å². The van der Waals surface area contributed by atoms with Crippen LogP contribution in [0, 0.1) is 0 Å². The van der Waals surface area contributed by atoms with E-state index in [-0.39, 0.29) is 0 Å². The zero-order chi connectivity index (χ0) is 20.3. The van der Waals surface area contributed by atoms with Crippen LogP contribution in [0.25, 0.3) is 33.4 Å². The third-order valence-corrected chi connectivity index (χ3v) is 5.83. The van der Waals surface area contributed by atoms with Crippen LogP contribution in [-0.4, -0.2) is 34.1 Å². The number of ether oxygens (including phenoxy) is 1. The number of benzene rings is 1. The van der Waals surface area contributed by atoms with Crippen molar-refractivity contribution >= 4 is 11.0 Å². The summed E-state index contributed by atoms with van der Waals surface area (Å²) >= 11 is 0. The van der Waals surface area contributed by atoms with Gasteiger partial charge < -0.3 is 15.0 Å². The molecule has 0 bridgehead atoms. The smallest absolute Gasteiger partial charge is 0.146 e. The van der Waals surface area contributed by atoms with E-state index in [1.165, 1.54) is 12.0 Å². The highest BCUT2D eigenvalue weighted by atomic mass is 16.5. The molecule has 3 aromatic heterocycles. The molecule has 152 valence electrons. The Hall–Kier alpha value is -3.18. The molecule has 0 spiro atoms. The summed E-state index contributed by atoms with van der Waals surface area (Å²) in [5.74, 6) is 0.797. The lowest BCUT2D eigenvalue weighted by molar-refractivity contribution is 0.277. The van der Waals surface area contributed by atoms with Gasteiger partial charge in [0.05, 0.1) is 22.9 Å². The van der Waals surface area contributed by atoms with Crippen LogP contribution in [0.2, 0.25) is 0 Å². The highest BCUT2D eigenvalue weighted by Crippen LogP contribution is 2.40. The van der Waals surface area contributed by atoms with Crippen molar-refractivity contribution in [3.8, 4) is 28.1 Å². The second-order valence-electron chi connectivity index (χ2n) is 7.80. The summed E-state index contributed by atoms with van der Waals surface area (Å²) in [6.07, 6.45) is 8.84. The molecule has 1 aliphatic rings. The van der Waals surface area contributed by atoms with Gasteiger partial charge in [0, 0.05) is 29.6 Å². The SMILES string of the molecule is CCc1cccc(-c2c(-c3ccncc3OC[C@@H]3CCCN3)[nH]c3cccnc23)c1. The Morgan fingerprint density at radius 3 is 2.97 bits per heavy atom. The number of pyridine rings is 2. The van der Waals surface area contributed by atoms with Crippen molar-refractivity contribution < 1.29 is 4.74 Å². The average molecular weight is 399 g/mol. The molecule has 4 heterocycles. The van der Waals surface area contributed by atoms with E-state index in [0.29, 0.717) is 12.6 Å². The van der Waals surface area contributed by atoms with E-state index in [1.807, 2.05) is 30.7 Å². The van der Waals surface area contributed by atoms with Crippen molar-refractivity contribution in [2.45, 2.75) is 32.2 Å². The molecule has 1 saturated heterocycles. The van der Waals surface area contributed by atoms with Crippen LogP contribution in [0.5, 0.6) is 5.75 Å². The normalized spacial score (nSPS) is 16.2. The van der Waals surface area contributed by atoms with E-state index in [0.717, 1.165) is 58.6 Å². The predicted molar refractivity (Wildman–Crippen MR) is 121 cm³/mol. The van der Waals surface area contributed by atoms with Gasteiger partial charge in [0.25, 0.3) is 0 Å². The van der Waals surface area contributed by atoms with Crippen molar-refractivity contribution in [1.82, 2.24) is 20.3 Å². The minimum absolute atomic E-state index is 0.406. The monoisotopic (exact) mass is 398 g/mol. The van der Waals surface area contributed by atoms with Gasteiger partial charge >= 0.3 is 0 Å². The summed E-state index contributed by atoms with van der Waals surface area (Å²) in [4.78, 5) is 12.6. The standard InChI is InChI=1S/C25H26N4O/c1-2-17-6-3-7-18(14-17)23-24(29-21-9-5-12-28-25(21)23)20-10-13-26-15-22(20)30-16-19-8-4-11-27-19/h3,5-7,9-10,12-15,19,27,29H,2,4,8,11,16H2,1H3/t19-/m0/s1. The highest BCUT2D eigenvalue weighted by Gasteiger charge is 2.20. The number of rotatable bonds is 6. The topological polar surface area (TPSA) is 62.8 Å². The number of hydrogen-bond donors (Lipinski definition) is 2. The lowest BCUT2D eigenvalue weighted by atomic mass is 9.98. The lowest BCUT2D eigenvalue weighted by Crippen LogP contribution is -2.28. The first-order valence-corrected chi connectivity index (χ1v) is 10.7. The third-order valence-electron chi connectivity index (χ3n) is 5.83. The molecule has 1 aromatic carbocycles. The predicted octanol–water partition coefficient (Wildman–Crippen LogP) is 4.99. The van der Waals surface area contributed by atoms with Gasteiger partial charge in [-0.1, -0.05) is 31.2 Å². The minimum atomic E-state index is 0.406. The summed E-state index contributed by atoms with van der Waals surface area (Å²) in [6.45, 7) is 3.90. The van der Waals surface area contributed by atoms with E-state index in [2.05, 4.69) is 52.5 Å². The molecule has 1 aliphatic heterocycles. The van der Waals surface area contributed by atoms with Crippen LogP contribution in [-0.2, 0) is 6.42 Å². The molecule has 4 aromatic rings. The molecule has 5 nitrogen and oxygen atoms in total. The van der Waals surface area contributed by atoms with Crippen LogP contribution >= 0.6 is 0 Å². The van der Waals surface area contributed by atoms with Gasteiger partial charge in [0.15, 0.2) is 0 Å². The van der Waals surface area contributed by atoms with Crippen molar-refractivity contribution in [3.63, 3.8) is 0 Å². The van der Waals surface area contributed by atoms with Gasteiger partial charge in [-0.25, -0.2) is 0 Å². The Morgan fingerprint density at radius 1 is 1.13 bits per heavy atom. The van der Waals surface area contributed by atoms with Crippen LogP contribution < -0.4 is 10.1 Å². The number of hydrogen-bond acceptors (Lipinski definition) is 4. The molecule has 5 heteroatoms. The Bertz CT molecular complexity index is 1160. The maximum absolute atomic E-state index is 6.24. The number of aromatic nitrogens is 3. The van der Waals surface area contributed by atoms with Crippen molar-refractivity contribution in [2.75, 3.05) is 13.2 Å². The fourth-order valence-electron chi connectivity index (χ4n) is 4.24. The van der Waals surface area contributed by atoms with E-state index >= 15 is 0 Å². The molecule has 30 heavy (non-hydrogen) atoms. The van der Waals surface area contributed by atoms with Crippen molar-refractivity contribution in [1.29, 1.82) is 0 Å². The highest BCUT2D eigenvalue weighted by molar-refractivity contribution is 6.02. The second-order valence-corrected chi connectivity index (χ2v) is 7.80. The molecule has 0 saturated carbocycles. The number of aryl methyl sites for hydroxylation is 1. The van der Waals surface area contributed by atoms with Gasteiger partial charge in [-0.3, -0.25) is 9.97 Å². The molecule has 0 unspecified atom stereocenters. The van der Waals surface area contributed by atoms with Gasteiger partial charge in [-0.2, -0.15) is 0 Å². The summed E-state index contributed by atoms with van der Waals surface area (Å²) in [5.41, 5.74) is 7.60. The van der Waals surface area contributed by atoms with Crippen LogP contribution in [0.3, 0.4) is 0 Å². The Labute approximate surface area is 176 Å². The van der Waals surface area contributed by atoms with E-state index in [9.17, 15) is 0 Å².